The van der Waals surface area contributed by atoms with Crippen LogP contribution in [-0.4, -0.2) is 42.4 Å². The lowest BCUT2D eigenvalue weighted by atomic mass is 10.2. The Labute approximate surface area is 150 Å². The van der Waals surface area contributed by atoms with Gasteiger partial charge in [-0.25, -0.2) is 0 Å². The molecule has 24 heavy (non-hydrogen) atoms. The van der Waals surface area contributed by atoms with Crippen molar-refractivity contribution in [3.05, 3.63) is 40.7 Å². The molecule has 1 saturated heterocycles. The number of amides is 2. The van der Waals surface area contributed by atoms with E-state index < -0.39 is 0 Å². The molecule has 1 atom stereocenters. The van der Waals surface area contributed by atoms with Crippen LogP contribution >= 0.6 is 23.7 Å². The number of piperazine rings is 1. The highest BCUT2D eigenvalue weighted by Gasteiger charge is 2.26. The van der Waals surface area contributed by atoms with E-state index in [4.69, 9.17) is 4.42 Å². The monoisotopic (exact) mass is 369 g/mol. The second-order valence-electron chi connectivity index (χ2n) is 5.61. The second kappa shape index (κ2) is 7.83. The first-order valence-corrected chi connectivity index (χ1v) is 8.35. The van der Waals surface area contributed by atoms with E-state index in [1.165, 1.54) is 17.6 Å². The largest absolute Gasteiger partial charge is 0.459 e. The first-order chi connectivity index (χ1) is 11.1. The smallest absolute Gasteiger partial charge is 0.291 e. The van der Waals surface area contributed by atoms with Gasteiger partial charge in [-0.2, -0.15) is 0 Å². The summed E-state index contributed by atoms with van der Waals surface area (Å²) in [6.07, 6.45) is 1.45. The van der Waals surface area contributed by atoms with E-state index in [0.29, 0.717) is 16.4 Å². The van der Waals surface area contributed by atoms with Crippen LogP contribution in [0.25, 0.3) is 0 Å². The van der Waals surface area contributed by atoms with Gasteiger partial charge < -0.3 is 20.0 Å². The van der Waals surface area contributed by atoms with Crippen molar-refractivity contribution in [2.24, 2.45) is 0 Å². The lowest BCUT2D eigenvalue weighted by Gasteiger charge is -2.33. The molecule has 0 unspecified atom stereocenters. The molecule has 2 aromatic heterocycles. The first kappa shape index (κ1) is 18.5. The standard InChI is InChI=1S/C16H19N3O3S.ClH/c1-10-8-13(18-15(20)12-4-3-7-22-12)23-14(10)16(21)19-6-5-17-9-11(19)2;/h3-4,7-8,11,17H,5-6,9H2,1-2H3,(H,18,20);1H/t11-;/m0./s1. The van der Waals surface area contributed by atoms with Gasteiger partial charge in [0.25, 0.3) is 11.8 Å². The van der Waals surface area contributed by atoms with Crippen LogP contribution in [0.15, 0.2) is 28.9 Å². The molecule has 0 bridgehead atoms. The summed E-state index contributed by atoms with van der Waals surface area (Å²) in [5.41, 5.74) is 0.875. The van der Waals surface area contributed by atoms with E-state index in [2.05, 4.69) is 10.6 Å². The lowest BCUT2D eigenvalue weighted by Crippen LogP contribution is -2.52. The molecular weight excluding hydrogens is 350 g/mol. The SMILES string of the molecule is Cc1cc(NC(=O)c2ccco2)sc1C(=O)N1CCNC[C@@H]1C.Cl. The minimum absolute atomic E-state index is 0. The minimum Gasteiger partial charge on any atom is -0.459 e. The summed E-state index contributed by atoms with van der Waals surface area (Å²) in [7, 11) is 0. The van der Waals surface area contributed by atoms with Gasteiger partial charge in [-0.05, 0) is 37.6 Å². The Hall–Kier alpha value is -1.83. The summed E-state index contributed by atoms with van der Waals surface area (Å²) in [5.74, 6) is -0.0366. The number of rotatable bonds is 3. The van der Waals surface area contributed by atoms with Gasteiger partial charge in [0.2, 0.25) is 0 Å². The quantitative estimate of drug-likeness (QED) is 0.872. The van der Waals surface area contributed by atoms with Crippen molar-refractivity contribution in [1.82, 2.24) is 10.2 Å². The van der Waals surface area contributed by atoms with Gasteiger partial charge in [0, 0.05) is 25.7 Å². The van der Waals surface area contributed by atoms with Gasteiger partial charge in [-0.1, -0.05) is 0 Å². The van der Waals surface area contributed by atoms with Crippen LogP contribution < -0.4 is 10.6 Å². The average Bonchev–Trinajstić information content (AvgIpc) is 3.17. The third-order valence-electron chi connectivity index (χ3n) is 3.86. The number of halogens is 1. The normalized spacial score (nSPS) is 17.2. The van der Waals surface area contributed by atoms with E-state index in [-0.39, 0.29) is 36.0 Å². The number of nitrogens with one attached hydrogen (secondary N) is 2. The van der Waals surface area contributed by atoms with E-state index in [0.717, 1.165) is 18.7 Å². The molecule has 8 heteroatoms. The van der Waals surface area contributed by atoms with Gasteiger partial charge in [0.15, 0.2) is 5.76 Å². The van der Waals surface area contributed by atoms with E-state index in [9.17, 15) is 9.59 Å². The van der Waals surface area contributed by atoms with E-state index in [1.807, 2.05) is 24.8 Å². The third kappa shape index (κ3) is 3.80. The summed E-state index contributed by atoms with van der Waals surface area (Å²) in [6, 6.07) is 5.25. The van der Waals surface area contributed by atoms with Crippen LogP contribution in [0.4, 0.5) is 5.00 Å². The molecule has 1 aliphatic rings. The Balaban J connectivity index is 0.00000208. The van der Waals surface area contributed by atoms with Gasteiger partial charge in [-0.15, -0.1) is 23.7 Å². The summed E-state index contributed by atoms with van der Waals surface area (Å²) in [6.45, 7) is 6.23. The van der Waals surface area contributed by atoms with Crippen LogP contribution in [0.5, 0.6) is 0 Å². The summed E-state index contributed by atoms with van der Waals surface area (Å²) < 4.78 is 5.07. The predicted octanol–water partition coefficient (Wildman–Crippen LogP) is 2.76. The Morgan fingerprint density at radius 3 is 2.92 bits per heavy atom. The fraction of sp³-hybridized carbons (Fsp3) is 0.375. The van der Waals surface area contributed by atoms with Crippen molar-refractivity contribution in [3.8, 4) is 0 Å². The molecule has 1 aliphatic heterocycles. The Bertz CT molecular complexity index is 714. The van der Waals surface area contributed by atoms with Crippen molar-refractivity contribution < 1.29 is 14.0 Å². The molecule has 3 heterocycles. The maximum Gasteiger partial charge on any atom is 0.291 e. The van der Waals surface area contributed by atoms with Crippen molar-refractivity contribution >= 4 is 40.6 Å². The highest BCUT2D eigenvalue weighted by atomic mass is 35.5. The molecule has 0 spiro atoms. The van der Waals surface area contributed by atoms with E-state index in [1.54, 1.807) is 12.1 Å². The minimum atomic E-state index is -0.314. The number of furan rings is 1. The maximum atomic E-state index is 12.7. The number of anilines is 1. The molecule has 1 fully saturated rings. The maximum absolute atomic E-state index is 12.7. The van der Waals surface area contributed by atoms with E-state index >= 15 is 0 Å². The van der Waals surface area contributed by atoms with Crippen LogP contribution in [0, 0.1) is 6.92 Å². The topological polar surface area (TPSA) is 74.6 Å². The molecule has 3 rings (SSSR count). The predicted molar refractivity (Wildman–Crippen MR) is 96.3 cm³/mol. The molecule has 2 amide bonds. The Kier molecular flexibility index (Phi) is 6.04. The van der Waals surface area contributed by atoms with Crippen molar-refractivity contribution in [1.29, 1.82) is 0 Å². The van der Waals surface area contributed by atoms with Crippen LogP contribution in [-0.2, 0) is 0 Å². The lowest BCUT2D eigenvalue weighted by molar-refractivity contribution is 0.0660. The number of hydrogen-bond donors (Lipinski definition) is 2. The number of nitrogens with zero attached hydrogens (tertiary/aromatic N) is 1. The van der Waals surface area contributed by atoms with Crippen LogP contribution in [0.2, 0.25) is 0 Å². The van der Waals surface area contributed by atoms with Gasteiger partial charge in [0.1, 0.15) is 0 Å². The van der Waals surface area contributed by atoms with Crippen molar-refractivity contribution in [3.63, 3.8) is 0 Å². The zero-order valence-electron chi connectivity index (χ0n) is 13.5. The first-order valence-electron chi connectivity index (χ1n) is 7.53. The van der Waals surface area contributed by atoms with Gasteiger partial charge in [-0.3, -0.25) is 9.59 Å². The Morgan fingerprint density at radius 1 is 1.46 bits per heavy atom. The highest BCUT2D eigenvalue weighted by molar-refractivity contribution is 7.18. The summed E-state index contributed by atoms with van der Waals surface area (Å²) in [4.78, 5) is 27.3. The molecule has 0 aromatic carbocycles. The fourth-order valence-corrected chi connectivity index (χ4v) is 3.63. The van der Waals surface area contributed by atoms with Gasteiger partial charge in [0.05, 0.1) is 16.1 Å². The zero-order valence-corrected chi connectivity index (χ0v) is 15.1. The molecule has 2 N–H and O–H groups in total. The summed E-state index contributed by atoms with van der Waals surface area (Å²) >= 11 is 1.30. The number of thiophene rings is 1. The number of aryl methyl sites for hydroxylation is 1. The third-order valence-corrected chi connectivity index (χ3v) is 5.00. The van der Waals surface area contributed by atoms with Crippen LogP contribution in [0.3, 0.4) is 0 Å². The molecule has 6 nitrogen and oxygen atoms in total. The van der Waals surface area contributed by atoms with Crippen molar-refractivity contribution in [2.45, 2.75) is 19.9 Å². The number of carbonyl (C=O) groups excluding carboxylic acids is 2. The fourth-order valence-electron chi connectivity index (χ4n) is 2.61. The Morgan fingerprint density at radius 2 is 2.25 bits per heavy atom. The average molecular weight is 370 g/mol. The summed E-state index contributed by atoms with van der Waals surface area (Å²) in [5, 5.41) is 6.70. The molecular formula is C16H20ClN3O3S. The molecule has 0 aliphatic carbocycles. The zero-order chi connectivity index (χ0) is 16.4. The second-order valence-corrected chi connectivity index (χ2v) is 6.66. The van der Waals surface area contributed by atoms with Crippen molar-refractivity contribution in [2.75, 3.05) is 25.0 Å². The molecule has 0 saturated carbocycles. The number of hydrogen-bond acceptors (Lipinski definition) is 5. The molecule has 0 radical (unpaired) electrons. The molecule has 2 aromatic rings. The van der Waals surface area contributed by atoms with Crippen LogP contribution in [0.1, 0.15) is 32.7 Å². The van der Waals surface area contributed by atoms with Gasteiger partial charge >= 0.3 is 0 Å². The molecule has 130 valence electrons. The highest BCUT2D eigenvalue weighted by Crippen LogP contribution is 2.29. The number of carbonyl (C=O) groups is 2.